The van der Waals surface area contributed by atoms with Crippen LogP contribution >= 0.6 is 0 Å². The SMILES string of the molecule is CCCCCCCCCCCCC(CCCCCC)(C(=O)[O-])C(=O)[O-].[Li+].[Na+]. The summed E-state index contributed by atoms with van der Waals surface area (Å²) in [4.78, 5) is 23.0. The zero-order valence-corrected chi connectivity index (χ0v) is 20.4. The standard InChI is InChI=1S/C21H40O4.Li.Na/c1-3-5-7-9-10-11-12-13-14-16-18-21(19(22)23,20(24)25)17-15-8-6-4-2;;/h3-18H2,1-2H3,(H,22,23)(H,24,25);;/q;2*+1/p-2. The summed E-state index contributed by atoms with van der Waals surface area (Å²) in [5.74, 6) is -2.94. The molecule has 0 N–H and O–H groups in total. The van der Waals surface area contributed by atoms with Crippen LogP contribution < -0.4 is 58.6 Å². The molecule has 0 fully saturated rings. The second kappa shape index (κ2) is 21.3. The molecule has 148 valence electrons. The Labute approximate surface area is 201 Å². The summed E-state index contributed by atoms with van der Waals surface area (Å²) >= 11 is 0. The number of hydrogen-bond acceptors (Lipinski definition) is 4. The largest absolute Gasteiger partial charge is 1.00 e. The van der Waals surface area contributed by atoms with Gasteiger partial charge >= 0.3 is 48.4 Å². The Morgan fingerprint density at radius 1 is 0.593 bits per heavy atom. The van der Waals surface area contributed by atoms with Crippen molar-refractivity contribution in [2.75, 3.05) is 0 Å². The molecule has 0 aromatic rings. The molecule has 0 aliphatic heterocycles. The van der Waals surface area contributed by atoms with Gasteiger partial charge in [0.05, 0.1) is 11.9 Å². The first-order valence-corrected chi connectivity index (χ1v) is 10.4. The van der Waals surface area contributed by atoms with Gasteiger partial charge in [0.2, 0.25) is 0 Å². The van der Waals surface area contributed by atoms with Crippen LogP contribution in [0.1, 0.15) is 117 Å². The molecule has 0 heterocycles. The molecule has 0 atom stereocenters. The molecule has 0 amide bonds. The van der Waals surface area contributed by atoms with E-state index in [2.05, 4.69) is 13.8 Å². The van der Waals surface area contributed by atoms with Gasteiger partial charge in [-0.15, -0.1) is 0 Å². The van der Waals surface area contributed by atoms with Crippen LogP contribution in [-0.4, -0.2) is 11.9 Å². The third-order valence-corrected chi connectivity index (χ3v) is 5.20. The number of hydrogen-bond donors (Lipinski definition) is 0. The Hall–Kier alpha value is 0.537. The number of unbranched alkanes of at least 4 members (excludes halogenated alkanes) is 12. The fourth-order valence-corrected chi connectivity index (χ4v) is 3.38. The first-order valence-electron chi connectivity index (χ1n) is 10.4. The molecule has 0 radical (unpaired) electrons. The molecule has 0 unspecified atom stereocenters. The molecule has 0 aliphatic carbocycles. The average molecular weight is 384 g/mol. The summed E-state index contributed by atoms with van der Waals surface area (Å²) in [6, 6.07) is 0. The number of carbonyl (C=O) groups is 2. The molecular weight excluding hydrogens is 346 g/mol. The van der Waals surface area contributed by atoms with Crippen molar-refractivity contribution in [3.63, 3.8) is 0 Å². The van der Waals surface area contributed by atoms with Crippen LogP contribution in [0.15, 0.2) is 0 Å². The average Bonchev–Trinajstić information content (AvgIpc) is 2.57. The van der Waals surface area contributed by atoms with Crippen molar-refractivity contribution in [3.8, 4) is 0 Å². The minimum absolute atomic E-state index is 0. The molecule has 0 aliphatic rings. The second-order valence-corrected chi connectivity index (χ2v) is 7.40. The first kappa shape index (κ1) is 32.2. The maximum absolute atomic E-state index is 11.5. The minimum Gasteiger partial charge on any atom is -0.549 e. The van der Waals surface area contributed by atoms with Crippen LogP contribution in [0.5, 0.6) is 0 Å². The van der Waals surface area contributed by atoms with Crippen molar-refractivity contribution < 1.29 is 68.2 Å². The third kappa shape index (κ3) is 15.1. The molecule has 4 nitrogen and oxygen atoms in total. The van der Waals surface area contributed by atoms with Gasteiger partial charge in [-0.2, -0.15) is 0 Å². The van der Waals surface area contributed by atoms with Crippen molar-refractivity contribution in [1.82, 2.24) is 0 Å². The van der Waals surface area contributed by atoms with E-state index in [9.17, 15) is 19.8 Å². The zero-order chi connectivity index (χ0) is 19.0. The number of carboxylic acids is 2. The normalized spacial score (nSPS) is 10.7. The van der Waals surface area contributed by atoms with E-state index >= 15 is 0 Å². The molecule has 0 saturated heterocycles. The van der Waals surface area contributed by atoms with E-state index in [0.29, 0.717) is 12.8 Å². The van der Waals surface area contributed by atoms with E-state index in [0.717, 1.165) is 38.5 Å². The topological polar surface area (TPSA) is 80.3 Å². The Kier molecular flexibility index (Phi) is 25.4. The Bertz CT molecular complexity index is 350. The van der Waals surface area contributed by atoms with Crippen LogP contribution in [-0.2, 0) is 9.59 Å². The van der Waals surface area contributed by atoms with E-state index in [-0.39, 0.29) is 61.3 Å². The van der Waals surface area contributed by atoms with Gasteiger partial charge in [0.1, 0.15) is 0 Å². The summed E-state index contributed by atoms with van der Waals surface area (Å²) in [6.07, 6.45) is 15.1. The van der Waals surface area contributed by atoms with Crippen molar-refractivity contribution in [2.45, 2.75) is 117 Å². The van der Waals surface area contributed by atoms with Gasteiger partial charge in [-0.3, -0.25) is 0 Å². The number of carbonyl (C=O) groups excluding carboxylic acids is 2. The van der Waals surface area contributed by atoms with Gasteiger partial charge in [0.15, 0.2) is 0 Å². The maximum atomic E-state index is 11.5. The quantitative estimate of drug-likeness (QED) is 0.152. The van der Waals surface area contributed by atoms with Crippen molar-refractivity contribution in [1.29, 1.82) is 0 Å². The summed E-state index contributed by atoms with van der Waals surface area (Å²) < 4.78 is 0. The monoisotopic (exact) mass is 384 g/mol. The van der Waals surface area contributed by atoms with Crippen molar-refractivity contribution >= 4 is 11.9 Å². The van der Waals surface area contributed by atoms with E-state index in [1.54, 1.807) is 0 Å². The van der Waals surface area contributed by atoms with Gasteiger partial charge in [-0.25, -0.2) is 0 Å². The predicted molar refractivity (Wildman–Crippen MR) is 97.7 cm³/mol. The molecule has 0 rings (SSSR count). The smallest absolute Gasteiger partial charge is 0.549 e. The molecular formula is C21H38LiNaO4. The van der Waals surface area contributed by atoms with Crippen LogP contribution in [0.25, 0.3) is 0 Å². The van der Waals surface area contributed by atoms with E-state index in [1.807, 2.05) is 0 Å². The molecule has 0 bridgehead atoms. The van der Waals surface area contributed by atoms with Gasteiger partial charge in [-0.05, 0) is 12.8 Å². The number of carboxylic acid groups (broad SMARTS) is 2. The summed E-state index contributed by atoms with van der Waals surface area (Å²) in [6.45, 7) is 4.28. The Morgan fingerprint density at radius 3 is 1.15 bits per heavy atom. The number of rotatable bonds is 18. The Morgan fingerprint density at radius 2 is 0.852 bits per heavy atom. The molecule has 0 aromatic carbocycles. The van der Waals surface area contributed by atoms with Gasteiger partial charge in [-0.1, -0.05) is 104 Å². The van der Waals surface area contributed by atoms with E-state index < -0.39 is 17.4 Å². The molecule has 6 heteroatoms. The molecule has 0 saturated carbocycles. The van der Waals surface area contributed by atoms with E-state index in [1.165, 1.54) is 38.5 Å². The first-order chi connectivity index (χ1) is 12.0. The Balaban J connectivity index is -0.00000288. The fourth-order valence-electron chi connectivity index (χ4n) is 3.38. The second-order valence-electron chi connectivity index (χ2n) is 7.40. The summed E-state index contributed by atoms with van der Waals surface area (Å²) in [5.41, 5.74) is -1.80. The van der Waals surface area contributed by atoms with Crippen LogP contribution in [0.3, 0.4) is 0 Å². The van der Waals surface area contributed by atoms with Crippen LogP contribution in [0, 0.1) is 5.41 Å². The van der Waals surface area contributed by atoms with E-state index in [4.69, 9.17) is 0 Å². The van der Waals surface area contributed by atoms with Crippen LogP contribution in [0.4, 0.5) is 0 Å². The molecule has 0 aromatic heterocycles. The number of aliphatic carboxylic acids is 2. The third-order valence-electron chi connectivity index (χ3n) is 5.20. The van der Waals surface area contributed by atoms with Gasteiger partial charge < -0.3 is 19.8 Å². The maximum Gasteiger partial charge on any atom is 1.00 e. The molecule has 27 heavy (non-hydrogen) atoms. The summed E-state index contributed by atoms with van der Waals surface area (Å²) in [7, 11) is 0. The molecule has 0 spiro atoms. The van der Waals surface area contributed by atoms with Crippen molar-refractivity contribution in [2.24, 2.45) is 5.41 Å². The summed E-state index contributed by atoms with van der Waals surface area (Å²) in [5, 5.41) is 23.0. The van der Waals surface area contributed by atoms with Crippen molar-refractivity contribution in [3.05, 3.63) is 0 Å². The zero-order valence-electron chi connectivity index (χ0n) is 18.4. The van der Waals surface area contributed by atoms with Gasteiger partial charge in [0, 0.05) is 5.41 Å². The fraction of sp³-hybridized carbons (Fsp3) is 0.905. The minimum atomic E-state index is -1.80. The van der Waals surface area contributed by atoms with Gasteiger partial charge in [0.25, 0.3) is 0 Å². The van der Waals surface area contributed by atoms with Crippen LogP contribution in [0.2, 0.25) is 0 Å². The predicted octanol–water partition coefficient (Wildman–Crippen LogP) is -2.24.